The van der Waals surface area contributed by atoms with Crippen molar-refractivity contribution >= 4 is 50.1 Å². The van der Waals surface area contributed by atoms with E-state index in [0.717, 1.165) is 32.5 Å². The lowest BCUT2D eigenvalue weighted by Gasteiger charge is -2.12. The number of amides is 1. The summed E-state index contributed by atoms with van der Waals surface area (Å²) >= 11 is 5.87. The summed E-state index contributed by atoms with van der Waals surface area (Å²) in [4.78, 5) is 14.3. The van der Waals surface area contributed by atoms with Crippen molar-refractivity contribution in [3.63, 3.8) is 0 Å². The number of hydrogen-bond acceptors (Lipinski definition) is 4. The molecule has 1 amide bonds. The molecule has 0 spiro atoms. The van der Waals surface area contributed by atoms with Crippen LogP contribution >= 0.6 is 38.5 Å². The lowest BCUT2D eigenvalue weighted by molar-refractivity contribution is 0.102. The molecule has 1 aliphatic rings. The highest BCUT2D eigenvalue weighted by Crippen LogP contribution is 2.37. The SMILES string of the molecule is O=C(Nc1ccc(I)c(Br)c1-c1nnn(CCCC2CC2)n1)c1ccccc1. The van der Waals surface area contributed by atoms with Crippen LogP contribution in [0.4, 0.5) is 5.69 Å². The lowest BCUT2D eigenvalue weighted by Crippen LogP contribution is -2.13. The van der Waals surface area contributed by atoms with Crippen LogP contribution in [0.5, 0.6) is 0 Å². The van der Waals surface area contributed by atoms with Gasteiger partial charge in [-0.3, -0.25) is 4.79 Å². The summed E-state index contributed by atoms with van der Waals surface area (Å²) in [5.41, 5.74) is 1.99. The number of halogens is 2. The molecule has 28 heavy (non-hydrogen) atoms. The molecule has 1 heterocycles. The van der Waals surface area contributed by atoms with Crippen molar-refractivity contribution in [2.24, 2.45) is 5.92 Å². The molecular formula is C20H19BrIN5O. The zero-order valence-electron chi connectivity index (χ0n) is 15.1. The van der Waals surface area contributed by atoms with Gasteiger partial charge in [-0.2, -0.15) is 4.80 Å². The van der Waals surface area contributed by atoms with E-state index < -0.39 is 0 Å². The Balaban J connectivity index is 1.58. The number of tetrazole rings is 1. The van der Waals surface area contributed by atoms with E-state index >= 15 is 0 Å². The average Bonchev–Trinajstić information content (AvgIpc) is 3.42. The Bertz CT molecular complexity index is 988. The summed E-state index contributed by atoms with van der Waals surface area (Å²) in [6.07, 6.45) is 5.00. The quantitative estimate of drug-likeness (QED) is 0.412. The number of aromatic nitrogens is 4. The summed E-state index contributed by atoms with van der Waals surface area (Å²) in [5, 5.41) is 16.0. The summed E-state index contributed by atoms with van der Waals surface area (Å²) < 4.78 is 1.85. The Hall–Kier alpha value is -1.81. The van der Waals surface area contributed by atoms with Gasteiger partial charge in [-0.25, -0.2) is 0 Å². The predicted octanol–water partition coefficient (Wildman–Crippen LogP) is 5.15. The van der Waals surface area contributed by atoms with Gasteiger partial charge in [0.1, 0.15) is 0 Å². The Labute approximate surface area is 185 Å². The molecule has 0 bridgehead atoms. The van der Waals surface area contributed by atoms with Gasteiger partial charge >= 0.3 is 0 Å². The topological polar surface area (TPSA) is 72.7 Å². The minimum Gasteiger partial charge on any atom is -0.321 e. The minimum atomic E-state index is -0.174. The second-order valence-electron chi connectivity index (χ2n) is 6.90. The summed E-state index contributed by atoms with van der Waals surface area (Å²) in [5.74, 6) is 1.22. The third kappa shape index (κ3) is 4.60. The van der Waals surface area contributed by atoms with Gasteiger partial charge in [-0.15, -0.1) is 10.2 Å². The largest absolute Gasteiger partial charge is 0.321 e. The number of aryl methyl sites for hydroxylation is 1. The van der Waals surface area contributed by atoms with Gasteiger partial charge in [0.05, 0.1) is 17.8 Å². The first kappa shape index (κ1) is 19.5. The van der Waals surface area contributed by atoms with E-state index in [-0.39, 0.29) is 5.91 Å². The summed E-state index contributed by atoms with van der Waals surface area (Å²) in [6, 6.07) is 12.9. The normalized spacial score (nSPS) is 13.5. The minimum absolute atomic E-state index is 0.174. The maximum Gasteiger partial charge on any atom is 0.255 e. The third-order valence-electron chi connectivity index (χ3n) is 4.72. The molecule has 0 unspecified atom stereocenters. The first-order valence-corrected chi connectivity index (χ1v) is 11.1. The number of rotatable bonds is 7. The number of carbonyl (C=O) groups excluding carboxylic acids is 1. The molecule has 1 saturated carbocycles. The Morgan fingerprint density at radius 3 is 2.75 bits per heavy atom. The van der Waals surface area contributed by atoms with E-state index in [1.807, 2.05) is 30.3 Å². The molecule has 6 nitrogen and oxygen atoms in total. The molecular weight excluding hydrogens is 533 g/mol. The van der Waals surface area contributed by atoms with Gasteiger partial charge in [0.25, 0.3) is 5.91 Å². The monoisotopic (exact) mass is 551 g/mol. The van der Waals surface area contributed by atoms with Crippen LogP contribution in [0.3, 0.4) is 0 Å². The molecule has 0 aliphatic heterocycles. The molecule has 1 fully saturated rings. The van der Waals surface area contributed by atoms with E-state index in [2.05, 4.69) is 59.2 Å². The van der Waals surface area contributed by atoms with Crippen LogP contribution in [0.25, 0.3) is 11.4 Å². The molecule has 4 rings (SSSR count). The maximum absolute atomic E-state index is 12.6. The van der Waals surface area contributed by atoms with Crippen molar-refractivity contribution < 1.29 is 4.79 Å². The van der Waals surface area contributed by atoms with Crippen LogP contribution in [0.1, 0.15) is 36.0 Å². The molecule has 0 radical (unpaired) electrons. The van der Waals surface area contributed by atoms with Gasteiger partial charge in [0.2, 0.25) is 5.82 Å². The molecule has 1 N–H and O–H groups in total. The van der Waals surface area contributed by atoms with Crippen molar-refractivity contribution in [1.29, 1.82) is 0 Å². The molecule has 2 aromatic carbocycles. The van der Waals surface area contributed by atoms with Crippen molar-refractivity contribution in [3.05, 3.63) is 56.1 Å². The highest BCUT2D eigenvalue weighted by molar-refractivity contribution is 14.1. The molecule has 144 valence electrons. The highest BCUT2D eigenvalue weighted by Gasteiger charge is 2.21. The van der Waals surface area contributed by atoms with E-state index in [4.69, 9.17) is 0 Å². The molecule has 8 heteroatoms. The fourth-order valence-electron chi connectivity index (χ4n) is 3.02. The van der Waals surface area contributed by atoms with Crippen LogP contribution in [-0.4, -0.2) is 26.1 Å². The van der Waals surface area contributed by atoms with Crippen molar-refractivity contribution in [1.82, 2.24) is 20.2 Å². The second-order valence-corrected chi connectivity index (χ2v) is 8.85. The third-order valence-corrected chi connectivity index (χ3v) is 7.19. The van der Waals surface area contributed by atoms with E-state index in [1.165, 1.54) is 19.3 Å². The number of nitrogens with one attached hydrogen (secondary N) is 1. The van der Waals surface area contributed by atoms with Crippen molar-refractivity contribution in [2.75, 3.05) is 5.32 Å². The predicted molar refractivity (Wildman–Crippen MR) is 120 cm³/mol. The lowest BCUT2D eigenvalue weighted by atomic mass is 10.1. The molecule has 3 aromatic rings. The van der Waals surface area contributed by atoms with Crippen LogP contribution in [0.15, 0.2) is 46.9 Å². The smallest absolute Gasteiger partial charge is 0.255 e. The molecule has 0 saturated heterocycles. The summed E-state index contributed by atoms with van der Waals surface area (Å²) in [7, 11) is 0. The number of hydrogen-bond donors (Lipinski definition) is 1. The first-order valence-electron chi connectivity index (χ1n) is 9.24. The zero-order chi connectivity index (χ0) is 19.5. The Kier molecular flexibility index (Phi) is 6.05. The first-order chi connectivity index (χ1) is 13.6. The van der Waals surface area contributed by atoms with Gasteiger partial charge in [-0.05, 0) is 86.8 Å². The molecule has 0 atom stereocenters. The fourth-order valence-corrected chi connectivity index (χ4v) is 4.00. The fraction of sp³-hybridized carbons (Fsp3) is 0.300. The molecule has 1 aromatic heterocycles. The van der Waals surface area contributed by atoms with Crippen molar-refractivity contribution in [3.8, 4) is 11.4 Å². The molecule has 1 aliphatic carbocycles. The van der Waals surface area contributed by atoms with Gasteiger partial charge in [0.15, 0.2) is 0 Å². The van der Waals surface area contributed by atoms with E-state index in [0.29, 0.717) is 17.1 Å². The van der Waals surface area contributed by atoms with E-state index in [1.54, 1.807) is 16.9 Å². The van der Waals surface area contributed by atoms with Crippen LogP contribution < -0.4 is 5.32 Å². The van der Waals surface area contributed by atoms with Crippen molar-refractivity contribution in [2.45, 2.75) is 32.2 Å². The van der Waals surface area contributed by atoms with Crippen LogP contribution in [-0.2, 0) is 6.54 Å². The number of nitrogens with zero attached hydrogens (tertiary/aromatic N) is 4. The Morgan fingerprint density at radius 2 is 2.00 bits per heavy atom. The number of benzene rings is 2. The standard InChI is InChI=1S/C20H19BrIN5O/c21-18-15(22)10-11-16(23-20(28)14-6-2-1-3-7-14)17(18)19-24-26-27(25-19)12-4-5-13-8-9-13/h1-3,6-7,10-11,13H,4-5,8-9,12H2,(H,23,28). The van der Waals surface area contributed by atoms with Crippen LogP contribution in [0.2, 0.25) is 0 Å². The maximum atomic E-state index is 12.6. The van der Waals surface area contributed by atoms with Gasteiger partial charge in [-0.1, -0.05) is 31.0 Å². The second kappa shape index (κ2) is 8.69. The average molecular weight is 552 g/mol. The van der Waals surface area contributed by atoms with Crippen LogP contribution in [0, 0.1) is 9.49 Å². The zero-order valence-corrected chi connectivity index (χ0v) is 18.9. The van der Waals surface area contributed by atoms with Gasteiger partial charge < -0.3 is 5.32 Å². The highest BCUT2D eigenvalue weighted by atomic mass is 127. The number of carbonyl (C=O) groups is 1. The van der Waals surface area contributed by atoms with Gasteiger partial charge in [0, 0.05) is 13.6 Å². The van der Waals surface area contributed by atoms with E-state index in [9.17, 15) is 4.79 Å². The summed E-state index contributed by atoms with van der Waals surface area (Å²) in [6.45, 7) is 0.761. The number of anilines is 1. The Morgan fingerprint density at radius 1 is 1.21 bits per heavy atom.